The Labute approximate surface area is 170 Å². The van der Waals surface area contributed by atoms with Crippen LogP contribution in [0.4, 0.5) is 5.13 Å². The van der Waals surface area contributed by atoms with E-state index in [2.05, 4.69) is 36.7 Å². The highest BCUT2D eigenvalue weighted by atomic mass is 35.5. The van der Waals surface area contributed by atoms with Crippen LogP contribution in [-0.4, -0.2) is 55.2 Å². The van der Waals surface area contributed by atoms with Crippen molar-refractivity contribution >= 4 is 45.0 Å². The molecule has 0 unspecified atom stereocenters. The van der Waals surface area contributed by atoms with Crippen LogP contribution in [-0.2, 0) is 14.3 Å². The molecule has 0 aliphatic carbocycles. The summed E-state index contributed by atoms with van der Waals surface area (Å²) in [6.07, 6.45) is 1.41. The standard InChI is InChI=1S/C19H25N3O3S.ClH/c1-4-21(5-2)8-9-22(18(23)16-13-24-10-11-25-16)19-20-15-7-6-14(3)12-17(15)26-19;/h6-7,12-13H,4-5,8-11H2,1-3H3;1H. The summed E-state index contributed by atoms with van der Waals surface area (Å²) in [4.78, 5) is 21.7. The molecule has 2 aromatic rings. The van der Waals surface area contributed by atoms with Gasteiger partial charge in [0.15, 0.2) is 5.13 Å². The second kappa shape index (κ2) is 9.92. The highest BCUT2D eigenvalue weighted by Crippen LogP contribution is 2.30. The molecule has 8 heteroatoms. The molecule has 148 valence electrons. The molecule has 1 amide bonds. The van der Waals surface area contributed by atoms with E-state index in [1.54, 1.807) is 4.90 Å². The monoisotopic (exact) mass is 411 g/mol. The Morgan fingerprint density at radius 1 is 1.22 bits per heavy atom. The normalized spacial score (nSPS) is 13.6. The van der Waals surface area contributed by atoms with Crippen LogP contribution in [0.15, 0.2) is 30.2 Å². The zero-order valence-corrected chi connectivity index (χ0v) is 17.6. The van der Waals surface area contributed by atoms with Crippen molar-refractivity contribution in [2.45, 2.75) is 20.8 Å². The highest BCUT2D eigenvalue weighted by Gasteiger charge is 2.26. The van der Waals surface area contributed by atoms with Crippen molar-refractivity contribution in [2.24, 2.45) is 0 Å². The average Bonchev–Trinajstić information content (AvgIpc) is 3.08. The van der Waals surface area contributed by atoms with Gasteiger partial charge in [0.25, 0.3) is 5.91 Å². The quantitative estimate of drug-likeness (QED) is 0.696. The van der Waals surface area contributed by atoms with E-state index >= 15 is 0 Å². The number of rotatable bonds is 7. The number of amides is 1. The first-order chi connectivity index (χ1) is 12.6. The Kier molecular flexibility index (Phi) is 7.89. The maximum absolute atomic E-state index is 13.0. The van der Waals surface area contributed by atoms with Crippen LogP contribution >= 0.6 is 23.7 Å². The maximum atomic E-state index is 13.0. The third kappa shape index (κ3) is 5.12. The summed E-state index contributed by atoms with van der Waals surface area (Å²) in [5.41, 5.74) is 2.09. The second-order valence-electron chi connectivity index (χ2n) is 6.15. The van der Waals surface area contributed by atoms with Gasteiger partial charge in [0.05, 0.1) is 10.2 Å². The van der Waals surface area contributed by atoms with E-state index in [0.29, 0.717) is 24.9 Å². The Hall–Kier alpha value is -1.83. The van der Waals surface area contributed by atoms with Gasteiger partial charge in [-0.3, -0.25) is 9.69 Å². The number of fused-ring (bicyclic) bond motifs is 1. The molecule has 1 aliphatic heterocycles. The SMILES string of the molecule is CCN(CC)CCN(C(=O)C1=COCCO1)c1nc2ccc(C)cc2s1.Cl. The summed E-state index contributed by atoms with van der Waals surface area (Å²) < 4.78 is 11.9. The van der Waals surface area contributed by atoms with Gasteiger partial charge in [0.2, 0.25) is 5.76 Å². The molecule has 1 aromatic carbocycles. The number of anilines is 1. The van der Waals surface area contributed by atoms with Gasteiger partial charge in [-0.15, -0.1) is 12.4 Å². The topological polar surface area (TPSA) is 54.9 Å². The van der Waals surface area contributed by atoms with Crippen LogP contribution in [0.2, 0.25) is 0 Å². The Bertz CT molecular complexity index is 805. The van der Waals surface area contributed by atoms with Crippen molar-refractivity contribution in [3.05, 3.63) is 35.8 Å². The van der Waals surface area contributed by atoms with Crippen molar-refractivity contribution in [3.8, 4) is 0 Å². The molecule has 6 nitrogen and oxygen atoms in total. The number of thiazole rings is 1. The molecule has 3 rings (SSSR count). The van der Waals surface area contributed by atoms with Crippen LogP contribution in [0.5, 0.6) is 0 Å². The molecule has 0 bridgehead atoms. The van der Waals surface area contributed by atoms with Gasteiger partial charge in [0.1, 0.15) is 19.5 Å². The minimum atomic E-state index is -0.201. The number of aryl methyl sites for hydroxylation is 1. The number of halogens is 1. The lowest BCUT2D eigenvalue weighted by Crippen LogP contribution is -2.40. The largest absolute Gasteiger partial charge is 0.494 e. The number of ether oxygens (including phenoxy) is 2. The van der Waals surface area contributed by atoms with Crippen molar-refractivity contribution in [2.75, 3.05) is 44.3 Å². The van der Waals surface area contributed by atoms with Gasteiger partial charge in [0, 0.05) is 13.1 Å². The summed E-state index contributed by atoms with van der Waals surface area (Å²) in [6.45, 7) is 10.4. The minimum absolute atomic E-state index is 0. The smallest absolute Gasteiger partial charge is 0.298 e. The minimum Gasteiger partial charge on any atom is -0.494 e. The number of carbonyl (C=O) groups excluding carboxylic acids is 1. The van der Waals surface area contributed by atoms with Crippen LogP contribution in [0.1, 0.15) is 19.4 Å². The number of hydrogen-bond acceptors (Lipinski definition) is 6. The molecule has 27 heavy (non-hydrogen) atoms. The first kappa shape index (κ1) is 21.5. The van der Waals surface area contributed by atoms with E-state index in [0.717, 1.165) is 29.9 Å². The number of aromatic nitrogens is 1. The molecule has 0 saturated carbocycles. The lowest BCUT2D eigenvalue weighted by Gasteiger charge is -2.26. The van der Waals surface area contributed by atoms with E-state index in [1.165, 1.54) is 23.2 Å². The number of carbonyl (C=O) groups is 1. The Morgan fingerprint density at radius 3 is 2.67 bits per heavy atom. The molecule has 0 fully saturated rings. The summed E-state index contributed by atoms with van der Waals surface area (Å²) >= 11 is 1.53. The molecule has 0 spiro atoms. The zero-order chi connectivity index (χ0) is 18.5. The fourth-order valence-corrected chi connectivity index (χ4v) is 3.90. The van der Waals surface area contributed by atoms with Gasteiger partial charge in [-0.25, -0.2) is 4.98 Å². The van der Waals surface area contributed by atoms with Crippen molar-refractivity contribution in [1.82, 2.24) is 9.88 Å². The van der Waals surface area contributed by atoms with Crippen molar-refractivity contribution in [3.63, 3.8) is 0 Å². The molecular formula is C19H26ClN3O3S. The number of benzene rings is 1. The first-order valence-electron chi connectivity index (χ1n) is 8.98. The van der Waals surface area contributed by atoms with Crippen LogP contribution in [0, 0.1) is 6.92 Å². The molecule has 0 N–H and O–H groups in total. The van der Waals surface area contributed by atoms with E-state index in [4.69, 9.17) is 9.47 Å². The van der Waals surface area contributed by atoms with Gasteiger partial charge < -0.3 is 14.4 Å². The number of hydrogen-bond donors (Lipinski definition) is 0. The number of likely N-dealkylation sites (N-methyl/N-ethyl adjacent to an activating group) is 1. The van der Waals surface area contributed by atoms with E-state index in [9.17, 15) is 4.79 Å². The summed E-state index contributed by atoms with van der Waals surface area (Å²) in [7, 11) is 0. The van der Waals surface area contributed by atoms with Crippen LogP contribution in [0.25, 0.3) is 10.2 Å². The van der Waals surface area contributed by atoms with Crippen LogP contribution in [0.3, 0.4) is 0 Å². The van der Waals surface area contributed by atoms with Crippen LogP contribution < -0.4 is 4.90 Å². The van der Waals surface area contributed by atoms with Gasteiger partial charge in [-0.2, -0.15) is 0 Å². The molecule has 0 atom stereocenters. The lowest BCUT2D eigenvalue weighted by molar-refractivity contribution is -0.119. The maximum Gasteiger partial charge on any atom is 0.298 e. The molecule has 1 aliphatic rings. The van der Waals surface area contributed by atoms with Gasteiger partial charge in [-0.1, -0.05) is 31.3 Å². The number of nitrogens with zero attached hydrogens (tertiary/aromatic N) is 3. The second-order valence-corrected chi connectivity index (χ2v) is 7.16. The zero-order valence-electron chi connectivity index (χ0n) is 15.9. The molecule has 0 radical (unpaired) electrons. The van der Waals surface area contributed by atoms with E-state index in [1.807, 2.05) is 12.1 Å². The lowest BCUT2D eigenvalue weighted by atomic mass is 10.2. The van der Waals surface area contributed by atoms with Gasteiger partial charge >= 0.3 is 0 Å². The summed E-state index contributed by atoms with van der Waals surface area (Å²) in [6, 6.07) is 6.13. The molecular weight excluding hydrogens is 386 g/mol. The fraction of sp³-hybridized carbons (Fsp3) is 0.474. The summed E-state index contributed by atoms with van der Waals surface area (Å²) in [5.74, 6) is 0.0406. The molecule has 1 aromatic heterocycles. The Morgan fingerprint density at radius 2 is 2.00 bits per heavy atom. The predicted octanol–water partition coefficient (Wildman–Crippen LogP) is 3.59. The van der Waals surface area contributed by atoms with Crippen molar-refractivity contribution < 1.29 is 14.3 Å². The third-order valence-electron chi connectivity index (χ3n) is 4.40. The molecule has 2 heterocycles. The average molecular weight is 412 g/mol. The Balaban J connectivity index is 0.00000261. The fourth-order valence-electron chi connectivity index (χ4n) is 2.81. The first-order valence-corrected chi connectivity index (χ1v) is 9.80. The summed E-state index contributed by atoms with van der Waals surface area (Å²) in [5, 5.41) is 0.692. The highest BCUT2D eigenvalue weighted by molar-refractivity contribution is 7.22. The van der Waals surface area contributed by atoms with E-state index < -0.39 is 0 Å². The van der Waals surface area contributed by atoms with Gasteiger partial charge in [-0.05, 0) is 37.7 Å². The third-order valence-corrected chi connectivity index (χ3v) is 5.44. The van der Waals surface area contributed by atoms with Crippen molar-refractivity contribution in [1.29, 1.82) is 0 Å². The predicted molar refractivity (Wildman–Crippen MR) is 112 cm³/mol. The van der Waals surface area contributed by atoms with E-state index in [-0.39, 0.29) is 24.1 Å². The molecule has 0 saturated heterocycles.